The molecule has 0 aliphatic carbocycles. The van der Waals surface area contributed by atoms with E-state index in [4.69, 9.17) is 16.3 Å². The van der Waals surface area contributed by atoms with Crippen LogP contribution in [0.2, 0.25) is 5.02 Å². The Bertz CT molecular complexity index is 1150. The summed E-state index contributed by atoms with van der Waals surface area (Å²) in [4.78, 5) is 12.3. The van der Waals surface area contributed by atoms with Crippen molar-refractivity contribution in [3.63, 3.8) is 0 Å². The van der Waals surface area contributed by atoms with E-state index in [9.17, 15) is 13.2 Å². The molecule has 0 atom stereocenters. The quantitative estimate of drug-likeness (QED) is 0.495. The van der Waals surface area contributed by atoms with Crippen LogP contribution in [-0.2, 0) is 14.8 Å². The van der Waals surface area contributed by atoms with Gasteiger partial charge in [-0.1, -0.05) is 29.0 Å². The number of amides is 1. The third kappa shape index (κ3) is 6.39. The average Bonchev–Trinajstić information content (AvgIpc) is 3.18. The summed E-state index contributed by atoms with van der Waals surface area (Å²) in [6, 6.07) is 13.9. The van der Waals surface area contributed by atoms with Crippen molar-refractivity contribution < 1.29 is 17.9 Å². The highest BCUT2D eigenvalue weighted by atomic mass is 35.5. The minimum absolute atomic E-state index is 0.129. The summed E-state index contributed by atoms with van der Waals surface area (Å²) in [6.45, 7) is 0.153. The molecule has 0 radical (unpaired) electrons. The summed E-state index contributed by atoms with van der Waals surface area (Å²) >= 11 is 7.23. The van der Waals surface area contributed by atoms with Crippen LogP contribution >= 0.6 is 22.9 Å². The number of aromatic nitrogens is 2. The lowest BCUT2D eigenvalue weighted by Gasteiger charge is -2.22. The Morgan fingerprint density at radius 2 is 1.94 bits per heavy atom. The Morgan fingerprint density at radius 3 is 2.58 bits per heavy atom. The van der Waals surface area contributed by atoms with Gasteiger partial charge in [-0.25, -0.2) is 8.42 Å². The second-order valence-corrected chi connectivity index (χ2v) is 9.93. The number of methoxy groups -OCH3 is 1. The summed E-state index contributed by atoms with van der Waals surface area (Å²) in [5, 5.41) is 12.3. The first kappa shape index (κ1) is 23.0. The largest absolute Gasteiger partial charge is 0.497 e. The number of benzene rings is 2. The monoisotopic (exact) mass is 480 g/mol. The molecule has 8 nitrogen and oxygen atoms in total. The van der Waals surface area contributed by atoms with Gasteiger partial charge in [0, 0.05) is 23.6 Å². The molecule has 2 aromatic carbocycles. The smallest absolute Gasteiger partial charge is 0.232 e. The van der Waals surface area contributed by atoms with E-state index >= 15 is 0 Å². The fourth-order valence-electron chi connectivity index (χ4n) is 2.81. The predicted molar refractivity (Wildman–Crippen MR) is 123 cm³/mol. The van der Waals surface area contributed by atoms with E-state index in [-0.39, 0.29) is 18.9 Å². The van der Waals surface area contributed by atoms with Crippen molar-refractivity contribution >= 4 is 49.7 Å². The van der Waals surface area contributed by atoms with Crippen LogP contribution in [0.1, 0.15) is 12.8 Å². The molecule has 1 amide bonds. The second-order valence-electron chi connectivity index (χ2n) is 6.61. The Morgan fingerprint density at radius 1 is 1.19 bits per heavy atom. The number of anilines is 2. The molecule has 0 fully saturated rings. The predicted octanol–water partition coefficient (Wildman–Crippen LogP) is 4.05. The Balaban J connectivity index is 1.56. The van der Waals surface area contributed by atoms with E-state index in [1.807, 2.05) is 24.3 Å². The van der Waals surface area contributed by atoms with Gasteiger partial charge in [-0.05, 0) is 48.9 Å². The summed E-state index contributed by atoms with van der Waals surface area (Å²) in [5.74, 6) is 0.472. The van der Waals surface area contributed by atoms with Gasteiger partial charge < -0.3 is 10.1 Å². The van der Waals surface area contributed by atoms with Crippen molar-refractivity contribution in [1.82, 2.24) is 10.2 Å². The Hall–Kier alpha value is -2.69. The summed E-state index contributed by atoms with van der Waals surface area (Å²) in [7, 11) is -1.92. The number of hydrogen-bond acceptors (Lipinski definition) is 7. The highest BCUT2D eigenvalue weighted by molar-refractivity contribution is 7.92. The Kier molecular flexibility index (Phi) is 7.47. The fourth-order valence-corrected chi connectivity index (χ4v) is 4.71. The average molecular weight is 481 g/mol. The lowest BCUT2D eigenvalue weighted by Crippen LogP contribution is -2.31. The molecule has 31 heavy (non-hydrogen) atoms. The van der Waals surface area contributed by atoms with Crippen molar-refractivity contribution in [2.75, 3.05) is 29.5 Å². The van der Waals surface area contributed by atoms with Gasteiger partial charge in [0.05, 0.1) is 19.1 Å². The fraction of sp³-hybridized carbons (Fsp3) is 0.250. The highest BCUT2D eigenvalue weighted by Crippen LogP contribution is 2.28. The van der Waals surface area contributed by atoms with E-state index in [2.05, 4.69) is 15.5 Å². The maximum Gasteiger partial charge on any atom is 0.232 e. The summed E-state index contributed by atoms with van der Waals surface area (Å²) in [6.07, 6.45) is 1.58. The molecule has 0 aliphatic rings. The molecule has 0 bridgehead atoms. The van der Waals surface area contributed by atoms with Crippen LogP contribution in [0.15, 0.2) is 48.5 Å². The number of nitrogens with zero attached hydrogens (tertiary/aromatic N) is 3. The van der Waals surface area contributed by atoms with Crippen molar-refractivity contribution in [1.29, 1.82) is 0 Å². The topological polar surface area (TPSA) is 101 Å². The van der Waals surface area contributed by atoms with Crippen LogP contribution in [0.5, 0.6) is 5.75 Å². The SMILES string of the molecule is COc1ccc(-c2nnc(NC(=O)CCCN(c3cccc(Cl)c3)S(C)(=O)=O)s2)cc1. The molecule has 11 heteroatoms. The van der Waals surface area contributed by atoms with Gasteiger partial charge in [-0.3, -0.25) is 9.10 Å². The third-order valence-corrected chi connectivity index (χ3v) is 6.59. The van der Waals surface area contributed by atoms with Gasteiger partial charge in [0.15, 0.2) is 0 Å². The van der Waals surface area contributed by atoms with E-state index in [0.29, 0.717) is 27.3 Å². The number of carbonyl (C=O) groups is 1. The van der Waals surface area contributed by atoms with Crippen molar-refractivity contribution in [2.45, 2.75) is 12.8 Å². The highest BCUT2D eigenvalue weighted by Gasteiger charge is 2.18. The normalized spacial score (nSPS) is 11.2. The number of nitrogens with one attached hydrogen (secondary N) is 1. The molecule has 3 rings (SSSR count). The molecule has 0 saturated carbocycles. The van der Waals surface area contributed by atoms with Crippen molar-refractivity contribution in [3.8, 4) is 16.3 Å². The third-order valence-electron chi connectivity index (χ3n) is 4.27. The van der Waals surface area contributed by atoms with Crippen LogP contribution < -0.4 is 14.4 Å². The zero-order valence-electron chi connectivity index (χ0n) is 16.9. The first-order valence-corrected chi connectivity index (χ1v) is 12.3. The van der Waals surface area contributed by atoms with Crippen LogP contribution in [0.25, 0.3) is 10.6 Å². The lowest BCUT2D eigenvalue weighted by atomic mass is 10.2. The number of ether oxygens (including phenoxy) is 1. The lowest BCUT2D eigenvalue weighted by molar-refractivity contribution is -0.116. The van der Waals surface area contributed by atoms with Gasteiger partial charge in [0.2, 0.25) is 21.1 Å². The maximum absolute atomic E-state index is 12.3. The summed E-state index contributed by atoms with van der Waals surface area (Å²) < 4.78 is 30.7. The Labute approximate surface area is 189 Å². The molecule has 164 valence electrons. The van der Waals surface area contributed by atoms with Gasteiger partial charge in [-0.2, -0.15) is 0 Å². The zero-order chi connectivity index (χ0) is 22.4. The van der Waals surface area contributed by atoms with Crippen molar-refractivity contribution in [2.24, 2.45) is 0 Å². The van der Waals surface area contributed by atoms with Gasteiger partial charge in [0.1, 0.15) is 10.8 Å². The van der Waals surface area contributed by atoms with Crippen LogP contribution in [-0.4, -0.2) is 44.4 Å². The molecule has 3 aromatic rings. The minimum Gasteiger partial charge on any atom is -0.497 e. The van der Waals surface area contributed by atoms with E-state index in [0.717, 1.165) is 17.6 Å². The van der Waals surface area contributed by atoms with E-state index in [1.54, 1.807) is 31.4 Å². The maximum atomic E-state index is 12.3. The second kappa shape index (κ2) is 10.1. The molecule has 1 heterocycles. The molecule has 0 aliphatic heterocycles. The number of hydrogen-bond donors (Lipinski definition) is 1. The first-order valence-electron chi connectivity index (χ1n) is 9.27. The first-order chi connectivity index (χ1) is 14.8. The van der Waals surface area contributed by atoms with Crippen LogP contribution in [0.4, 0.5) is 10.8 Å². The minimum atomic E-state index is -3.51. The van der Waals surface area contributed by atoms with Crippen LogP contribution in [0.3, 0.4) is 0 Å². The molecule has 1 aromatic heterocycles. The molecular formula is C20H21ClN4O4S2. The molecule has 1 N–H and O–H groups in total. The number of halogens is 1. The molecular weight excluding hydrogens is 460 g/mol. The molecule has 0 unspecified atom stereocenters. The molecule has 0 spiro atoms. The van der Waals surface area contributed by atoms with E-state index < -0.39 is 10.0 Å². The number of sulfonamides is 1. The summed E-state index contributed by atoms with van der Waals surface area (Å²) in [5.41, 5.74) is 1.33. The van der Waals surface area contributed by atoms with Crippen molar-refractivity contribution in [3.05, 3.63) is 53.6 Å². The van der Waals surface area contributed by atoms with Gasteiger partial charge in [0.25, 0.3) is 0 Å². The number of carbonyl (C=O) groups excluding carboxylic acids is 1. The van der Waals surface area contributed by atoms with Gasteiger partial charge >= 0.3 is 0 Å². The van der Waals surface area contributed by atoms with Gasteiger partial charge in [-0.15, -0.1) is 10.2 Å². The standard InChI is InChI=1S/C20H21ClN4O4S2/c1-29-17-10-8-14(9-11-17)19-23-24-20(30-19)22-18(26)7-4-12-25(31(2,27)28)16-6-3-5-15(21)13-16/h3,5-6,8-11,13H,4,7,12H2,1-2H3,(H,22,24,26). The van der Waals surface area contributed by atoms with E-state index in [1.165, 1.54) is 15.6 Å². The molecule has 0 saturated heterocycles. The number of rotatable bonds is 9. The zero-order valence-corrected chi connectivity index (χ0v) is 19.3. The van der Waals surface area contributed by atoms with Crippen LogP contribution in [0, 0.1) is 0 Å².